The van der Waals surface area contributed by atoms with Crippen LogP contribution < -0.4 is 4.74 Å². The molecule has 1 N–H and O–H groups in total. The summed E-state index contributed by atoms with van der Waals surface area (Å²) in [5.41, 5.74) is 3.11. The van der Waals surface area contributed by atoms with Gasteiger partial charge in [-0.3, -0.25) is 9.69 Å². The number of carbonyl (C=O) groups is 1. The van der Waals surface area contributed by atoms with Gasteiger partial charge >= 0.3 is 0 Å². The van der Waals surface area contributed by atoms with E-state index >= 15 is 0 Å². The monoisotopic (exact) mass is 383 g/mol. The highest BCUT2D eigenvalue weighted by molar-refractivity contribution is 5.81. The number of benzene rings is 1. The Labute approximate surface area is 166 Å². The molecule has 0 radical (unpaired) electrons. The third kappa shape index (κ3) is 3.77. The molecule has 2 aromatic rings. The Hall–Kier alpha value is -2.38. The number of ether oxygens (including phenoxy) is 1. The van der Waals surface area contributed by atoms with Crippen molar-refractivity contribution in [3.05, 3.63) is 35.7 Å². The fourth-order valence-electron chi connectivity index (χ4n) is 4.02. The summed E-state index contributed by atoms with van der Waals surface area (Å²) in [6.07, 6.45) is 0.789. The Morgan fingerprint density at radius 2 is 2.00 bits per heavy atom. The van der Waals surface area contributed by atoms with Crippen LogP contribution in [0.3, 0.4) is 0 Å². The van der Waals surface area contributed by atoms with E-state index in [-0.39, 0.29) is 11.9 Å². The molecular formula is C21H29N5O2. The van der Waals surface area contributed by atoms with Crippen molar-refractivity contribution in [2.24, 2.45) is 0 Å². The molecule has 1 aromatic carbocycles. The first-order chi connectivity index (χ1) is 13.5. The molecule has 1 saturated heterocycles. The van der Waals surface area contributed by atoms with Gasteiger partial charge in [-0.15, -0.1) is 0 Å². The maximum absolute atomic E-state index is 13.1. The Morgan fingerprint density at radius 3 is 2.75 bits per heavy atom. The van der Waals surface area contributed by atoms with Crippen molar-refractivity contribution in [1.82, 2.24) is 24.7 Å². The molecule has 7 nitrogen and oxygen atoms in total. The number of carbonyl (C=O) groups excluding carboxylic acids is 1. The summed E-state index contributed by atoms with van der Waals surface area (Å²) in [7, 11) is 3.80. The van der Waals surface area contributed by atoms with E-state index in [0.717, 1.165) is 67.7 Å². The molecule has 7 heteroatoms. The lowest BCUT2D eigenvalue weighted by Crippen LogP contribution is -2.54. The summed E-state index contributed by atoms with van der Waals surface area (Å²) in [4.78, 5) is 27.8. The summed E-state index contributed by atoms with van der Waals surface area (Å²) >= 11 is 0. The standard InChI is InChI=1S/C21H29N5O2/c1-15(25-11-9-24(2)10-12-25)21(27)26-8-7-18-19(14-26)23-20(22-18)16-5-4-6-17(13-16)28-3/h4-6,13,15H,7-12,14H2,1-3H3,(H,22,23). The van der Waals surface area contributed by atoms with Crippen molar-refractivity contribution in [2.45, 2.75) is 25.9 Å². The van der Waals surface area contributed by atoms with Crippen LogP contribution >= 0.6 is 0 Å². The maximum Gasteiger partial charge on any atom is 0.240 e. The van der Waals surface area contributed by atoms with Crippen molar-refractivity contribution >= 4 is 5.91 Å². The predicted molar refractivity (Wildman–Crippen MR) is 108 cm³/mol. The van der Waals surface area contributed by atoms with E-state index in [1.807, 2.05) is 36.1 Å². The molecule has 0 spiro atoms. The van der Waals surface area contributed by atoms with Crippen LogP contribution in [0.15, 0.2) is 24.3 Å². The maximum atomic E-state index is 13.1. The quantitative estimate of drug-likeness (QED) is 0.869. The minimum Gasteiger partial charge on any atom is -0.497 e. The van der Waals surface area contributed by atoms with Crippen molar-refractivity contribution < 1.29 is 9.53 Å². The van der Waals surface area contributed by atoms with Crippen molar-refractivity contribution in [3.8, 4) is 17.1 Å². The van der Waals surface area contributed by atoms with Crippen molar-refractivity contribution in [1.29, 1.82) is 0 Å². The van der Waals surface area contributed by atoms with Gasteiger partial charge in [0.2, 0.25) is 5.91 Å². The van der Waals surface area contributed by atoms with Crippen LogP contribution in [0.25, 0.3) is 11.4 Å². The minimum atomic E-state index is -0.0731. The zero-order valence-corrected chi connectivity index (χ0v) is 16.9. The first-order valence-electron chi connectivity index (χ1n) is 9.98. The van der Waals surface area contributed by atoms with E-state index in [1.165, 1.54) is 0 Å². The second-order valence-corrected chi connectivity index (χ2v) is 7.77. The summed E-state index contributed by atoms with van der Waals surface area (Å²) in [5, 5.41) is 0. The van der Waals surface area contributed by atoms with E-state index in [9.17, 15) is 4.79 Å². The van der Waals surface area contributed by atoms with Gasteiger partial charge in [0.05, 0.1) is 31.1 Å². The zero-order chi connectivity index (χ0) is 19.7. The summed E-state index contributed by atoms with van der Waals surface area (Å²) in [5.74, 6) is 1.86. The van der Waals surface area contributed by atoms with Crippen LogP contribution in [-0.2, 0) is 17.8 Å². The SMILES string of the molecule is COc1cccc(-c2nc3c([nH]2)CN(C(=O)C(C)N2CCN(C)CC2)CC3)c1. The van der Waals surface area contributed by atoms with E-state index in [2.05, 4.69) is 21.8 Å². The van der Waals surface area contributed by atoms with Gasteiger partial charge in [-0.2, -0.15) is 0 Å². The summed E-state index contributed by atoms with van der Waals surface area (Å²) in [6.45, 7) is 7.31. The largest absolute Gasteiger partial charge is 0.497 e. The fourth-order valence-corrected chi connectivity index (χ4v) is 4.02. The number of H-pyrrole nitrogens is 1. The third-order valence-corrected chi connectivity index (χ3v) is 5.93. The first-order valence-corrected chi connectivity index (χ1v) is 9.98. The lowest BCUT2D eigenvalue weighted by atomic mass is 10.1. The van der Waals surface area contributed by atoms with Crippen LogP contribution in [0.2, 0.25) is 0 Å². The van der Waals surface area contributed by atoms with Crippen molar-refractivity contribution in [3.63, 3.8) is 0 Å². The molecule has 2 aliphatic heterocycles. The van der Waals surface area contributed by atoms with Crippen LogP contribution in [0.1, 0.15) is 18.3 Å². The molecule has 1 fully saturated rings. The van der Waals surface area contributed by atoms with Crippen LogP contribution in [0.5, 0.6) is 5.75 Å². The number of fused-ring (bicyclic) bond motifs is 1. The molecule has 150 valence electrons. The number of aromatic nitrogens is 2. The topological polar surface area (TPSA) is 64.7 Å². The Balaban J connectivity index is 1.46. The predicted octanol–water partition coefficient (Wildman–Crippen LogP) is 1.61. The summed E-state index contributed by atoms with van der Waals surface area (Å²) in [6, 6.07) is 7.81. The smallest absolute Gasteiger partial charge is 0.240 e. The number of piperazine rings is 1. The number of likely N-dealkylation sites (N-methyl/N-ethyl adjacent to an activating group) is 1. The highest BCUT2D eigenvalue weighted by Crippen LogP contribution is 2.26. The van der Waals surface area contributed by atoms with E-state index in [4.69, 9.17) is 9.72 Å². The first kappa shape index (κ1) is 19.0. The second-order valence-electron chi connectivity index (χ2n) is 7.77. The average Bonchev–Trinajstić information content (AvgIpc) is 3.16. The van der Waals surface area contributed by atoms with Gasteiger partial charge in [0.25, 0.3) is 0 Å². The third-order valence-electron chi connectivity index (χ3n) is 5.93. The molecule has 2 aliphatic rings. The molecule has 1 atom stereocenters. The molecule has 1 amide bonds. The number of hydrogen-bond donors (Lipinski definition) is 1. The zero-order valence-electron chi connectivity index (χ0n) is 16.9. The molecule has 4 rings (SSSR count). The van der Waals surface area contributed by atoms with Crippen LogP contribution in [0, 0.1) is 0 Å². The molecule has 3 heterocycles. The molecule has 1 aromatic heterocycles. The number of nitrogens with zero attached hydrogens (tertiary/aromatic N) is 4. The number of amides is 1. The minimum absolute atomic E-state index is 0.0731. The molecule has 1 unspecified atom stereocenters. The van der Waals surface area contributed by atoms with Crippen LogP contribution in [-0.4, -0.2) is 83.5 Å². The normalized spacial score (nSPS) is 19.3. The van der Waals surface area contributed by atoms with Gasteiger partial charge in [0.15, 0.2) is 0 Å². The average molecular weight is 383 g/mol. The lowest BCUT2D eigenvalue weighted by molar-refractivity contribution is -0.138. The van der Waals surface area contributed by atoms with Crippen molar-refractivity contribution in [2.75, 3.05) is 46.9 Å². The van der Waals surface area contributed by atoms with E-state index in [1.54, 1.807) is 7.11 Å². The van der Waals surface area contributed by atoms with Gasteiger partial charge in [-0.25, -0.2) is 4.98 Å². The van der Waals surface area contributed by atoms with Gasteiger partial charge in [0.1, 0.15) is 11.6 Å². The van der Waals surface area contributed by atoms with Gasteiger partial charge in [-0.05, 0) is 26.1 Å². The van der Waals surface area contributed by atoms with Gasteiger partial charge in [0, 0.05) is 44.7 Å². The molecule has 0 bridgehead atoms. The lowest BCUT2D eigenvalue weighted by Gasteiger charge is -2.38. The van der Waals surface area contributed by atoms with E-state index < -0.39 is 0 Å². The van der Waals surface area contributed by atoms with Gasteiger partial charge in [-0.1, -0.05) is 12.1 Å². The fraction of sp³-hybridized carbons (Fsp3) is 0.524. The highest BCUT2D eigenvalue weighted by Gasteiger charge is 2.31. The Morgan fingerprint density at radius 1 is 1.21 bits per heavy atom. The Kier molecular flexibility index (Phi) is 5.37. The van der Waals surface area contributed by atoms with Gasteiger partial charge < -0.3 is 19.5 Å². The number of imidazole rings is 1. The van der Waals surface area contributed by atoms with Crippen LogP contribution in [0.4, 0.5) is 0 Å². The molecular weight excluding hydrogens is 354 g/mol. The summed E-state index contributed by atoms with van der Waals surface area (Å²) < 4.78 is 5.32. The number of rotatable bonds is 4. The molecule has 28 heavy (non-hydrogen) atoms. The molecule has 0 aliphatic carbocycles. The number of nitrogens with one attached hydrogen (secondary N) is 1. The van der Waals surface area contributed by atoms with E-state index in [0.29, 0.717) is 6.54 Å². The number of methoxy groups -OCH3 is 1. The number of hydrogen-bond acceptors (Lipinski definition) is 5. The molecule has 0 saturated carbocycles. The number of aromatic amines is 1. The Bertz CT molecular complexity index is 841. The highest BCUT2D eigenvalue weighted by atomic mass is 16.5. The second kappa shape index (κ2) is 7.93.